The summed E-state index contributed by atoms with van der Waals surface area (Å²) in [5, 5.41) is 11.0. The molecule has 5 nitrogen and oxygen atoms in total. The third-order valence-corrected chi connectivity index (χ3v) is 5.51. The van der Waals surface area contributed by atoms with E-state index in [0.29, 0.717) is 0 Å². The van der Waals surface area contributed by atoms with Gasteiger partial charge in [0.15, 0.2) is 0 Å². The van der Waals surface area contributed by atoms with E-state index in [1.807, 2.05) is 24.1 Å². The van der Waals surface area contributed by atoms with E-state index in [0.717, 1.165) is 37.4 Å². The number of hydrogen-bond donors (Lipinski definition) is 2. The second-order valence-corrected chi connectivity index (χ2v) is 7.55. The van der Waals surface area contributed by atoms with Crippen LogP contribution in [-0.2, 0) is 11.8 Å². The summed E-state index contributed by atoms with van der Waals surface area (Å²) in [5.41, 5.74) is 1.14. The van der Waals surface area contributed by atoms with Gasteiger partial charge in [0.05, 0.1) is 12.1 Å². The summed E-state index contributed by atoms with van der Waals surface area (Å²) in [6.45, 7) is 6.13. The lowest BCUT2D eigenvalue weighted by Crippen LogP contribution is -2.51. The van der Waals surface area contributed by atoms with Crippen molar-refractivity contribution in [1.82, 2.24) is 20.4 Å². The standard InChI is InChI=1S/C17H28N4O/c1-12-4-6-17(2,7-5-12)20-16(22)15-10-18-9-14(15)13-8-19-21(3)11-13/h8,11-12,14-15,18H,4-7,9-10H2,1-3H3,(H,20,22)/t12?,14-,15+,17?/m1/s1. The minimum absolute atomic E-state index is 0.0142. The molecule has 22 heavy (non-hydrogen) atoms. The normalized spacial score (nSPS) is 35.5. The van der Waals surface area contributed by atoms with Crippen LogP contribution in [-0.4, -0.2) is 34.3 Å². The fourth-order valence-corrected chi connectivity index (χ4v) is 3.85. The van der Waals surface area contributed by atoms with Crippen LogP contribution >= 0.6 is 0 Å². The monoisotopic (exact) mass is 304 g/mol. The van der Waals surface area contributed by atoms with Crippen molar-refractivity contribution in [3.63, 3.8) is 0 Å². The summed E-state index contributed by atoms with van der Waals surface area (Å²) >= 11 is 0. The van der Waals surface area contributed by atoms with Crippen molar-refractivity contribution in [3.05, 3.63) is 18.0 Å². The summed E-state index contributed by atoms with van der Waals surface area (Å²) in [6, 6.07) is 0. The van der Waals surface area contributed by atoms with Crippen molar-refractivity contribution in [3.8, 4) is 0 Å². The van der Waals surface area contributed by atoms with Gasteiger partial charge in [-0.2, -0.15) is 5.10 Å². The van der Waals surface area contributed by atoms with Crippen LogP contribution in [0.4, 0.5) is 0 Å². The van der Waals surface area contributed by atoms with Gasteiger partial charge in [-0.05, 0) is 44.1 Å². The van der Waals surface area contributed by atoms with Gasteiger partial charge >= 0.3 is 0 Å². The van der Waals surface area contributed by atoms with Crippen molar-refractivity contribution in [2.24, 2.45) is 18.9 Å². The Hall–Kier alpha value is -1.36. The Labute approximate surface area is 132 Å². The molecule has 2 heterocycles. The van der Waals surface area contributed by atoms with Crippen LogP contribution in [0.3, 0.4) is 0 Å². The predicted octanol–water partition coefficient (Wildman–Crippen LogP) is 1.81. The molecule has 0 unspecified atom stereocenters. The number of rotatable bonds is 3. The summed E-state index contributed by atoms with van der Waals surface area (Å²) in [6.07, 6.45) is 8.54. The maximum absolute atomic E-state index is 12.8. The van der Waals surface area contributed by atoms with Crippen LogP contribution in [0.1, 0.15) is 51.0 Å². The first-order valence-corrected chi connectivity index (χ1v) is 8.48. The Morgan fingerprint density at radius 2 is 2.14 bits per heavy atom. The SMILES string of the molecule is CC1CCC(C)(NC(=O)[C@H]2CNC[C@@H]2c2cnn(C)c2)CC1. The molecule has 1 saturated heterocycles. The van der Waals surface area contributed by atoms with Gasteiger partial charge in [0, 0.05) is 37.8 Å². The first-order valence-electron chi connectivity index (χ1n) is 8.48. The average molecular weight is 304 g/mol. The van der Waals surface area contributed by atoms with Crippen molar-refractivity contribution >= 4 is 5.91 Å². The van der Waals surface area contributed by atoms with Gasteiger partial charge in [-0.15, -0.1) is 0 Å². The highest BCUT2D eigenvalue weighted by Crippen LogP contribution is 2.33. The quantitative estimate of drug-likeness (QED) is 0.895. The Morgan fingerprint density at radius 1 is 1.41 bits per heavy atom. The molecule has 0 spiro atoms. The molecule has 1 saturated carbocycles. The fraction of sp³-hybridized carbons (Fsp3) is 0.765. The maximum Gasteiger partial charge on any atom is 0.225 e. The zero-order valence-electron chi connectivity index (χ0n) is 13.9. The fourth-order valence-electron chi connectivity index (χ4n) is 3.85. The molecule has 1 aromatic heterocycles. The Bertz CT molecular complexity index is 531. The van der Waals surface area contributed by atoms with E-state index in [2.05, 4.69) is 29.6 Å². The molecule has 2 aliphatic rings. The predicted molar refractivity (Wildman–Crippen MR) is 86.5 cm³/mol. The number of hydrogen-bond acceptors (Lipinski definition) is 3. The molecule has 1 aliphatic heterocycles. The topological polar surface area (TPSA) is 59.0 Å². The molecule has 1 aliphatic carbocycles. The first-order chi connectivity index (χ1) is 10.5. The van der Waals surface area contributed by atoms with Crippen LogP contribution in [0.15, 0.2) is 12.4 Å². The highest BCUT2D eigenvalue weighted by Gasteiger charge is 2.38. The minimum atomic E-state index is -0.0222. The van der Waals surface area contributed by atoms with Gasteiger partial charge in [-0.25, -0.2) is 0 Å². The van der Waals surface area contributed by atoms with Crippen molar-refractivity contribution in [1.29, 1.82) is 0 Å². The average Bonchev–Trinajstić information content (AvgIpc) is 3.10. The number of carbonyl (C=O) groups is 1. The van der Waals surface area contributed by atoms with E-state index in [1.54, 1.807) is 0 Å². The third kappa shape index (κ3) is 3.19. The van der Waals surface area contributed by atoms with Gasteiger partial charge in [-0.1, -0.05) is 6.92 Å². The highest BCUT2D eigenvalue weighted by atomic mass is 16.2. The molecule has 0 aromatic carbocycles. The Balaban J connectivity index is 1.66. The lowest BCUT2D eigenvalue weighted by atomic mass is 9.78. The summed E-state index contributed by atoms with van der Waals surface area (Å²) < 4.78 is 1.81. The largest absolute Gasteiger partial charge is 0.351 e. The summed E-state index contributed by atoms with van der Waals surface area (Å²) in [5.74, 6) is 1.25. The van der Waals surface area contributed by atoms with Gasteiger partial charge in [0.25, 0.3) is 0 Å². The van der Waals surface area contributed by atoms with Crippen molar-refractivity contribution < 1.29 is 4.79 Å². The molecule has 1 amide bonds. The molecule has 3 rings (SSSR count). The maximum atomic E-state index is 12.8. The summed E-state index contributed by atoms with van der Waals surface area (Å²) in [7, 11) is 1.92. The number of nitrogens with zero attached hydrogens (tertiary/aromatic N) is 2. The molecular formula is C17H28N4O. The number of carbonyl (C=O) groups excluding carboxylic acids is 1. The van der Waals surface area contributed by atoms with E-state index in [-0.39, 0.29) is 23.3 Å². The molecule has 0 bridgehead atoms. The lowest BCUT2D eigenvalue weighted by Gasteiger charge is -2.38. The van der Waals surface area contributed by atoms with Crippen LogP contribution in [0.25, 0.3) is 0 Å². The highest BCUT2D eigenvalue weighted by molar-refractivity contribution is 5.81. The number of aryl methyl sites for hydroxylation is 1. The molecular weight excluding hydrogens is 276 g/mol. The number of nitrogens with one attached hydrogen (secondary N) is 2. The van der Waals surface area contributed by atoms with E-state index in [1.165, 1.54) is 12.8 Å². The second kappa shape index (κ2) is 6.03. The van der Waals surface area contributed by atoms with E-state index < -0.39 is 0 Å². The van der Waals surface area contributed by atoms with Crippen LogP contribution in [0.2, 0.25) is 0 Å². The zero-order chi connectivity index (χ0) is 15.7. The van der Waals surface area contributed by atoms with E-state index in [9.17, 15) is 4.79 Å². The zero-order valence-corrected chi connectivity index (χ0v) is 13.9. The van der Waals surface area contributed by atoms with Crippen LogP contribution in [0, 0.1) is 11.8 Å². The van der Waals surface area contributed by atoms with Gasteiger partial charge in [-0.3, -0.25) is 9.48 Å². The molecule has 122 valence electrons. The molecule has 2 atom stereocenters. The van der Waals surface area contributed by atoms with E-state index >= 15 is 0 Å². The smallest absolute Gasteiger partial charge is 0.225 e. The van der Waals surface area contributed by atoms with Gasteiger partial charge < -0.3 is 10.6 Å². The van der Waals surface area contributed by atoms with Gasteiger partial charge in [0.1, 0.15) is 0 Å². The molecule has 2 fully saturated rings. The molecule has 2 N–H and O–H groups in total. The third-order valence-electron chi connectivity index (χ3n) is 5.51. The van der Waals surface area contributed by atoms with E-state index in [4.69, 9.17) is 0 Å². The summed E-state index contributed by atoms with van der Waals surface area (Å²) in [4.78, 5) is 12.8. The van der Waals surface area contributed by atoms with Crippen molar-refractivity contribution in [2.75, 3.05) is 13.1 Å². The Kier molecular flexibility index (Phi) is 4.26. The molecule has 5 heteroatoms. The first kappa shape index (κ1) is 15.5. The second-order valence-electron chi connectivity index (χ2n) is 7.55. The Morgan fingerprint density at radius 3 is 2.77 bits per heavy atom. The molecule has 1 aromatic rings. The number of aromatic nitrogens is 2. The van der Waals surface area contributed by atoms with Crippen LogP contribution < -0.4 is 10.6 Å². The molecule has 0 radical (unpaired) electrons. The minimum Gasteiger partial charge on any atom is -0.351 e. The number of amides is 1. The lowest BCUT2D eigenvalue weighted by molar-refractivity contribution is -0.127. The van der Waals surface area contributed by atoms with Crippen molar-refractivity contribution in [2.45, 2.75) is 51.0 Å². The van der Waals surface area contributed by atoms with Crippen LogP contribution in [0.5, 0.6) is 0 Å². The van der Waals surface area contributed by atoms with Gasteiger partial charge in [0.2, 0.25) is 5.91 Å².